The predicted octanol–water partition coefficient (Wildman–Crippen LogP) is 2.68. The van der Waals surface area contributed by atoms with Gasteiger partial charge in [-0.25, -0.2) is 0 Å². The van der Waals surface area contributed by atoms with Crippen LogP contribution in [0.1, 0.15) is 24.8 Å². The second kappa shape index (κ2) is 5.79. The second-order valence-electron chi connectivity index (χ2n) is 5.69. The van der Waals surface area contributed by atoms with Gasteiger partial charge in [-0.05, 0) is 30.9 Å². The molecule has 0 aromatic heterocycles. The van der Waals surface area contributed by atoms with Gasteiger partial charge in [0.05, 0.1) is 4.92 Å². The fourth-order valence-electron chi connectivity index (χ4n) is 3.18. The third kappa shape index (κ3) is 3.02. The Morgan fingerprint density at radius 2 is 2.15 bits per heavy atom. The molecule has 2 saturated heterocycles. The number of nitrogens with one attached hydrogen (secondary N) is 1. The first-order valence-corrected chi connectivity index (χ1v) is 7.82. The van der Waals surface area contributed by atoms with Gasteiger partial charge in [0.25, 0.3) is 5.69 Å². The van der Waals surface area contributed by atoms with Crippen molar-refractivity contribution in [2.75, 3.05) is 13.1 Å². The van der Waals surface area contributed by atoms with Crippen molar-refractivity contribution in [1.29, 1.82) is 0 Å². The van der Waals surface area contributed by atoms with Crippen LogP contribution in [0.2, 0.25) is 0 Å². The summed E-state index contributed by atoms with van der Waals surface area (Å²) < 4.78 is 0.828. The molecule has 2 aliphatic heterocycles. The SMILES string of the molecule is O=[N+]([O-])c1ccc(CN2CCC3CCC(C2)N3)c(Br)c1. The second-order valence-corrected chi connectivity index (χ2v) is 6.55. The summed E-state index contributed by atoms with van der Waals surface area (Å²) in [6.45, 7) is 3.01. The van der Waals surface area contributed by atoms with Gasteiger partial charge >= 0.3 is 0 Å². The zero-order valence-corrected chi connectivity index (χ0v) is 12.8. The van der Waals surface area contributed by atoms with E-state index in [0.717, 1.165) is 29.7 Å². The predicted molar refractivity (Wildman–Crippen MR) is 80.6 cm³/mol. The summed E-state index contributed by atoms with van der Waals surface area (Å²) in [6.07, 6.45) is 3.77. The van der Waals surface area contributed by atoms with Gasteiger partial charge in [-0.15, -0.1) is 0 Å². The van der Waals surface area contributed by atoms with Crippen LogP contribution in [0.3, 0.4) is 0 Å². The number of nitrogens with zero attached hydrogens (tertiary/aromatic N) is 2. The van der Waals surface area contributed by atoms with Crippen LogP contribution in [0.25, 0.3) is 0 Å². The largest absolute Gasteiger partial charge is 0.310 e. The van der Waals surface area contributed by atoms with E-state index >= 15 is 0 Å². The Morgan fingerprint density at radius 1 is 1.35 bits per heavy atom. The average Bonchev–Trinajstić information content (AvgIpc) is 2.74. The zero-order chi connectivity index (χ0) is 14.1. The zero-order valence-electron chi connectivity index (χ0n) is 11.2. The maximum absolute atomic E-state index is 10.8. The van der Waals surface area contributed by atoms with Crippen LogP contribution >= 0.6 is 15.9 Å². The molecule has 20 heavy (non-hydrogen) atoms. The van der Waals surface area contributed by atoms with E-state index in [9.17, 15) is 10.1 Å². The van der Waals surface area contributed by atoms with Gasteiger partial charge < -0.3 is 5.32 Å². The van der Waals surface area contributed by atoms with Crippen LogP contribution < -0.4 is 5.32 Å². The van der Waals surface area contributed by atoms with Gasteiger partial charge in [-0.3, -0.25) is 15.0 Å². The quantitative estimate of drug-likeness (QED) is 0.679. The first-order valence-electron chi connectivity index (χ1n) is 7.03. The van der Waals surface area contributed by atoms with E-state index in [1.807, 2.05) is 6.07 Å². The highest BCUT2D eigenvalue weighted by atomic mass is 79.9. The number of nitro benzene ring substituents is 1. The van der Waals surface area contributed by atoms with Gasteiger partial charge in [0.2, 0.25) is 0 Å². The molecule has 2 aliphatic rings. The Balaban J connectivity index is 1.69. The summed E-state index contributed by atoms with van der Waals surface area (Å²) in [4.78, 5) is 12.8. The topological polar surface area (TPSA) is 58.4 Å². The molecular weight excluding hydrogens is 322 g/mol. The summed E-state index contributed by atoms with van der Waals surface area (Å²) in [6, 6.07) is 6.34. The van der Waals surface area contributed by atoms with E-state index in [0.29, 0.717) is 12.1 Å². The fourth-order valence-corrected chi connectivity index (χ4v) is 3.67. The van der Waals surface area contributed by atoms with Crippen molar-refractivity contribution in [2.24, 2.45) is 0 Å². The summed E-state index contributed by atoms with van der Waals surface area (Å²) in [7, 11) is 0. The molecule has 0 saturated carbocycles. The maximum Gasteiger partial charge on any atom is 0.270 e. The minimum absolute atomic E-state index is 0.136. The van der Waals surface area contributed by atoms with E-state index in [1.54, 1.807) is 12.1 Å². The van der Waals surface area contributed by atoms with Crippen molar-refractivity contribution < 1.29 is 4.92 Å². The smallest absolute Gasteiger partial charge is 0.270 e. The lowest BCUT2D eigenvalue weighted by atomic mass is 10.1. The monoisotopic (exact) mass is 339 g/mol. The van der Waals surface area contributed by atoms with Crippen molar-refractivity contribution in [3.05, 3.63) is 38.3 Å². The number of hydrogen-bond acceptors (Lipinski definition) is 4. The molecule has 0 aliphatic carbocycles. The standard InChI is InChI=1S/C14H18BrN3O2/c15-14-7-13(18(19)20)4-1-10(14)8-17-6-5-11-2-3-12(9-17)16-11/h1,4,7,11-12,16H,2-3,5-6,8-9H2. The number of halogens is 1. The molecule has 0 radical (unpaired) electrons. The lowest BCUT2D eigenvalue weighted by molar-refractivity contribution is -0.384. The first-order chi connectivity index (χ1) is 9.61. The summed E-state index contributed by atoms with van der Waals surface area (Å²) in [5.41, 5.74) is 1.26. The van der Waals surface area contributed by atoms with Gasteiger partial charge in [0.15, 0.2) is 0 Å². The Kier molecular flexibility index (Phi) is 4.05. The van der Waals surface area contributed by atoms with E-state index in [1.165, 1.54) is 19.3 Å². The van der Waals surface area contributed by atoms with Gasteiger partial charge in [0, 0.05) is 48.3 Å². The molecule has 0 spiro atoms. The molecule has 0 amide bonds. The molecule has 1 aromatic carbocycles. The normalized spacial score (nSPS) is 26.4. The van der Waals surface area contributed by atoms with Crippen LogP contribution in [-0.4, -0.2) is 35.0 Å². The van der Waals surface area contributed by atoms with Crippen LogP contribution in [0.4, 0.5) is 5.69 Å². The van der Waals surface area contributed by atoms with Crippen molar-refractivity contribution in [3.8, 4) is 0 Å². The van der Waals surface area contributed by atoms with E-state index in [4.69, 9.17) is 0 Å². The summed E-state index contributed by atoms with van der Waals surface area (Å²) >= 11 is 3.46. The minimum atomic E-state index is -0.358. The molecule has 3 rings (SSSR count). The summed E-state index contributed by atoms with van der Waals surface area (Å²) in [5, 5.41) is 14.4. The third-order valence-corrected chi connectivity index (χ3v) is 4.99. The summed E-state index contributed by atoms with van der Waals surface area (Å²) in [5.74, 6) is 0. The molecule has 2 atom stereocenters. The highest BCUT2D eigenvalue weighted by Gasteiger charge is 2.29. The highest BCUT2D eigenvalue weighted by Crippen LogP contribution is 2.26. The Labute approximate surface area is 126 Å². The molecule has 1 N–H and O–H groups in total. The molecule has 108 valence electrons. The van der Waals surface area contributed by atoms with E-state index in [-0.39, 0.29) is 10.6 Å². The number of non-ortho nitro benzene ring substituents is 1. The number of fused-ring (bicyclic) bond motifs is 2. The molecule has 2 unspecified atom stereocenters. The van der Waals surface area contributed by atoms with Crippen LogP contribution in [-0.2, 0) is 6.54 Å². The van der Waals surface area contributed by atoms with Crippen molar-refractivity contribution in [2.45, 2.75) is 37.9 Å². The molecule has 2 fully saturated rings. The van der Waals surface area contributed by atoms with E-state index in [2.05, 4.69) is 26.1 Å². The molecule has 1 aromatic rings. The van der Waals surface area contributed by atoms with Crippen molar-refractivity contribution in [1.82, 2.24) is 10.2 Å². The van der Waals surface area contributed by atoms with Crippen molar-refractivity contribution in [3.63, 3.8) is 0 Å². The number of hydrogen-bond donors (Lipinski definition) is 1. The van der Waals surface area contributed by atoms with Crippen molar-refractivity contribution >= 4 is 21.6 Å². The molecule has 6 heteroatoms. The van der Waals surface area contributed by atoms with Gasteiger partial charge in [0.1, 0.15) is 0 Å². The van der Waals surface area contributed by atoms with Gasteiger partial charge in [-0.1, -0.05) is 15.9 Å². The molecule has 2 bridgehead atoms. The number of nitro groups is 1. The Hall–Kier alpha value is -0.980. The number of benzene rings is 1. The minimum Gasteiger partial charge on any atom is -0.310 e. The molecule has 2 heterocycles. The van der Waals surface area contributed by atoms with Crippen LogP contribution in [0.5, 0.6) is 0 Å². The Bertz CT molecular complexity index is 523. The highest BCUT2D eigenvalue weighted by molar-refractivity contribution is 9.10. The number of rotatable bonds is 3. The van der Waals surface area contributed by atoms with Gasteiger partial charge in [-0.2, -0.15) is 0 Å². The maximum atomic E-state index is 10.8. The third-order valence-electron chi connectivity index (χ3n) is 4.25. The molecular formula is C14H18BrN3O2. The fraction of sp³-hybridized carbons (Fsp3) is 0.571. The lowest BCUT2D eigenvalue weighted by Gasteiger charge is -2.24. The van der Waals surface area contributed by atoms with E-state index < -0.39 is 0 Å². The Morgan fingerprint density at radius 3 is 2.90 bits per heavy atom. The molecule has 5 nitrogen and oxygen atoms in total. The van der Waals surface area contributed by atoms with Crippen LogP contribution in [0.15, 0.2) is 22.7 Å². The number of likely N-dealkylation sites (tertiary alicyclic amines) is 1. The van der Waals surface area contributed by atoms with Crippen LogP contribution in [0, 0.1) is 10.1 Å². The first kappa shape index (κ1) is 14.0. The lowest BCUT2D eigenvalue weighted by Crippen LogP contribution is -2.35. The average molecular weight is 340 g/mol.